The molecular weight excluding hydrogens is 242 g/mol. The Kier molecular flexibility index (Phi) is 10.1. The van der Waals surface area contributed by atoms with E-state index in [1.807, 2.05) is 0 Å². The Morgan fingerprint density at radius 3 is 2.28 bits per heavy atom. The minimum atomic E-state index is -1.62. The third-order valence-electron chi connectivity index (χ3n) is 2.37. The van der Waals surface area contributed by atoms with Crippen molar-refractivity contribution in [1.29, 1.82) is 0 Å². The molecule has 0 unspecified atom stereocenters. The minimum absolute atomic E-state index is 0.107. The molecule has 0 aliphatic rings. The summed E-state index contributed by atoms with van der Waals surface area (Å²) in [6.07, 6.45) is -2.66. The van der Waals surface area contributed by atoms with Crippen LogP contribution in [0.3, 0.4) is 0 Å². The Morgan fingerprint density at radius 2 is 1.72 bits per heavy atom. The summed E-state index contributed by atoms with van der Waals surface area (Å²) in [6.45, 7) is 3.18. The predicted molar refractivity (Wildman–Crippen MR) is 64.5 cm³/mol. The summed E-state index contributed by atoms with van der Waals surface area (Å²) in [6, 6.07) is 0. The summed E-state index contributed by atoms with van der Waals surface area (Å²) in [7, 11) is 0. The quantitative estimate of drug-likeness (QED) is 0.144. The van der Waals surface area contributed by atoms with E-state index >= 15 is 0 Å². The molecular formula is C11H23NO6. The molecule has 0 saturated heterocycles. The maximum atomic E-state index is 9.47. The second-order valence-corrected chi connectivity index (χ2v) is 3.93. The summed E-state index contributed by atoms with van der Waals surface area (Å²) >= 11 is 0. The maximum absolute atomic E-state index is 9.47. The topological polar surface area (TPSA) is 122 Å². The summed E-state index contributed by atoms with van der Waals surface area (Å²) in [5.74, 6) is 0. The number of unbranched alkanes of at least 4 members (excludes halogenated alkanes) is 1. The van der Waals surface area contributed by atoms with Crippen LogP contribution < -0.4 is 5.48 Å². The van der Waals surface area contributed by atoms with Gasteiger partial charge in [-0.1, -0.05) is 6.08 Å². The summed E-state index contributed by atoms with van der Waals surface area (Å²) < 4.78 is 0. The van der Waals surface area contributed by atoms with E-state index in [2.05, 4.69) is 12.1 Å². The first-order valence-electron chi connectivity index (χ1n) is 5.83. The molecule has 0 bridgehead atoms. The SMILES string of the molecule is C=CCCCONC[C@H](O)[C@@H](O)[C@H](O)[C@H](O)CO. The van der Waals surface area contributed by atoms with Gasteiger partial charge in [-0.05, 0) is 12.8 Å². The molecule has 0 saturated carbocycles. The number of allylic oxidation sites excluding steroid dienone is 1. The highest BCUT2D eigenvalue weighted by molar-refractivity contribution is 4.80. The molecule has 0 aromatic carbocycles. The number of rotatable bonds is 11. The number of hydroxylamine groups is 1. The van der Waals surface area contributed by atoms with Crippen LogP contribution in [0.2, 0.25) is 0 Å². The molecule has 0 amide bonds. The second-order valence-electron chi connectivity index (χ2n) is 3.93. The van der Waals surface area contributed by atoms with Gasteiger partial charge in [0.25, 0.3) is 0 Å². The van der Waals surface area contributed by atoms with Gasteiger partial charge in [-0.2, -0.15) is 5.48 Å². The van der Waals surface area contributed by atoms with Gasteiger partial charge in [-0.15, -0.1) is 6.58 Å². The van der Waals surface area contributed by atoms with Crippen LogP contribution in [0.1, 0.15) is 12.8 Å². The summed E-state index contributed by atoms with van der Waals surface area (Å²) in [5, 5.41) is 45.9. The van der Waals surface area contributed by atoms with Crippen molar-refractivity contribution in [3.05, 3.63) is 12.7 Å². The Bertz CT molecular complexity index is 216. The lowest BCUT2D eigenvalue weighted by molar-refractivity contribution is -0.121. The zero-order chi connectivity index (χ0) is 14.0. The molecule has 0 fully saturated rings. The fraction of sp³-hybridized carbons (Fsp3) is 0.818. The molecule has 108 valence electrons. The first-order valence-corrected chi connectivity index (χ1v) is 5.83. The third kappa shape index (κ3) is 7.02. The number of hydrogen-bond acceptors (Lipinski definition) is 7. The lowest BCUT2D eigenvalue weighted by atomic mass is 10.0. The van der Waals surface area contributed by atoms with E-state index in [1.54, 1.807) is 6.08 Å². The van der Waals surface area contributed by atoms with Crippen molar-refractivity contribution in [3.8, 4) is 0 Å². The van der Waals surface area contributed by atoms with E-state index in [0.29, 0.717) is 6.61 Å². The van der Waals surface area contributed by atoms with Gasteiger partial charge in [0.05, 0.1) is 19.3 Å². The average Bonchev–Trinajstić information content (AvgIpc) is 2.39. The number of nitrogens with one attached hydrogen (secondary N) is 1. The molecule has 0 spiro atoms. The van der Waals surface area contributed by atoms with Crippen molar-refractivity contribution < 1.29 is 30.4 Å². The first-order chi connectivity index (χ1) is 8.54. The maximum Gasteiger partial charge on any atom is 0.111 e. The molecule has 0 aliphatic heterocycles. The molecule has 0 aliphatic carbocycles. The van der Waals surface area contributed by atoms with Crippen LogP contribution in [-0.4, -0.2) is 69.7 Å². The van der Waals surface area contributed by atoms with E-state index in [4.69, 9.17) is 15.1 Å². The van der Waals surface area contributed by atoms with Gasteiger partial charge < -0.3 is 30.4 Å². The van der Waals surface area contributed by atoms with Crippen molar-refractivity contribution in [2.75, 3.05) is 19.8 Å². The van der Waals surface area contributed by atoms with Crippen LogP contribution in [0.15, 0.2) is 12.7 Å². The lowest BCUT2D eigenvalue weighted by Crippen LogP contribution is -2.49. The first kappa shape index (κ1) is 17.5. The van der Waals surface area contributed by atoms with Crippen LogP contribution in [0.5, 0.6) is 0 Å². The largest absolute Gasteiger partial charge is 0.394 e. The Balaban J connectivity index is 3.73. The lowest BCUT2D eigenvalue weighted by Gasteiger charge is -2.25. The van der Waals surface area contributed by atoms with Gasteiger partial charge in [0.1, 0.15) is 18.3 Å². The van der Waals surface area contributed by atoms with E-state index < -0.39 is 31.0 Å². The fourth-order valence-electron chi connectivity index (χ4n) is 1.20. The molecule has 0 aromatic heterocycles. The van der Waals surface area contributed by atoms with Crippen molar-refractivity contribution >= 4 is 0 Å². The molecule has 18 heavy (non-hydrogen) atoms. The van der Waals surface area contributed by atoms with E-state index in [1.165, 1.54) is 0 Å². The number of aliphatic hydroxyl groups excluding tert-OH is 5. The molecule has 7 nitrogen and oxygen atoms in total. The highest BCUT2D eigenvalue weighted by atomic mass is 16.6. The molecule has 0 aromatic rings. The Morgan fingerprint density at radius 1 is 1.11 bits per heavy atom. The van der Waals surface area contributed by atoms with Crippen molar-refractivity contribution in [1.82, 2.24) is 5.48 Å². The Hall–Kier alpha value is -0.540. The number of hydrogen-bond donors (Lipinski definition) is 6. The second kappa shape index (κ2) is 10.4. The smallest absolute Gasteiger partial charge is 0.111 e. The zero-order valence-corrected chi connectivity index (χ0v) is 10.3. The van der Waals surface area contributed by atoms with Crippen LogP contribution in [0.25, 0.3) is 0 Å². The van der Waals surface area contributed by atoms with Crippen molar-refractivity contribution in [2.45, 2.75) is 37.3 Å². The third-order valence-corrected chi connectivity index (χ3v) is 2.37. The van der Waals surface area contributed by atoms with Crippen LogP contribution >= 0.6 is 0 Å². The summed E-state index contributed by atoms with van der Waals surface area (Å²) in [5.41, 5.74) is 2.44. The average molecular weight is 265 g/mol. The monoisotopic (exact) mass is 265 g/mol. The Labute approximate surface area is 106 Å². The van der Waals surface area contributed by atoms with Gasteiger partial charge in [-0.25, -0.2) is 0 Å². The normalized spacial score (nSPS) is 18.1. The van der Waals surface area contributed by atoms with Crippen LogP contribution in [0.4, 0.5) is 0 Å². The molecule has 4 atom stereocenters. The van der Waals surface area contributed by atoms with Crippen molar-refractivity contribution in [3.63, 3.8) is 0 Å². The molecule has 6 N–H and O–H groups in total. The summed E-state index contributed by atoms with van der Waals surface area (Å²) in [4.78, 5) is 4.96. The minimum Gasteiger partial charge on any atom is -0.394 e. The van der Waals surface area contributed by atoms with E-state index in [9.17, 15) is 15.3 Å². The highest BCUT2D eigenvalue weighted by Crippen LogP contribution is 2.04. The molecule has 7 heteroatoms. The standard InChI is InChI=1S/C11H23NO6/c1-2-3-4-5-18-12-6-8(14)10(16)11(17)9(15)7-13/h2,8-17H,1,3-7H2/t8-,9+,10+,11+/m0/s1. The van der Waals surface area contributed by atoms with Crippen molar-refractivity contribution in [2.24, 2.45) is 0 Å². The number of aliphatic hydroxyl groups is 5. The highest BCUT2D eigenvalue weighted by Gasteiger charge is 2.29. The van der Waals surface area contributed by atoms with Crippen LogP contribution in [-0.2, 0) is 4.84 Å². The van der Waals surface area contributed by atoms with E-state index in [0.717, 1.165) is 12.8 Å². The molecule has 0 rings (SSSR count). The van der Waals surface area contributed by atoms with E-state index in [-0.39, 0.29) is 6.54 Å². The zero-order valence-electron chi connectivity index (χ0n) is 10.3. The molecule has 0 radical (unpaired) electrons. The molecule has 0 heterocycles. The van der Waals surface area contributed by atoms with Gasteiger partial charge in [-0.3, -0.25) is 0 Å². The van der Waals surface area contributed by atoms with Gasteiger partial charge in [0, 0.05) is 6.54 Å². The predicted octanol–water partition coefficient (Wildman–Crippen LogP) is -2.09. The van der Waals surface area contributed by atoms with Gasteiger partial charge in [0.2, 0.25) is 0 Å². The van der Waals surface area contributed by atoms with Gasteiger partial charge in [0.15, 0.2) is 0 Å². The van der Waals surface area contributed by atoms with Crippen LogP contribution in [0, 0.1) is 0 Å². The van der Waals surface area contributed by atoms with Gasteiger partial charge >= 0.3 is 0 Å². The fourth-order valence-corrected chi connectivity index (χ4v) is 1.20.